The first-order valence-electron chi connectivity index (χ1n) is 9.33. The van der Waals surface area contributed by atoms with E-state index in [9.17, 15) is 24.8 Å². The zero-order valence-corrected chi connectivity index (χ0v) is 16.1. The summed E-state index contributed by atoms with van der Waals surface area (Å²) in [5, 5.41) is 21.9. The van der Waals surface area contributed by atoms with Gasteiger partial charge in [0.15, 0.2) is 0 Å². The molecule has 152 valence electrons. The molecule has 1 heterocycles. The standard InChI is InChI=1S/C24H16N2O5/c27-23-19(14-16-6-10-21(11-7-16)26(30)31)15-22(17-4-2-1-3-5-17)25(23)20-12-8-18(9-13-20)24(28)29/h1-15H,(H,28,29)/p-1/b19-14+. The average Bonchev–Trinajstić information content (AvgIpc) is 3.10. The van der Waals surface area contributed by atoms with Gasteiger partial charge in [-0.05, 0) is 53.1 Å². The van der Waals surface area contributed by atoms with Gasteiger partial charge in [-0.25, -0.2) is 0 Å². The number of amides is 1. The van der Waals surface area contributed by atoms with Crippen molar-refractivity contribution in [2.75, 3.05) is 4.90 Å². The van der Waals surface area contributed by atoms with Crippen molar-refractivity contribution in [3.63, 3.8) is 0 Å². The quantitative estimate of drug-likeness (QED) is 0.363. The van der Waals surface area contributed by atoms with Crippen LogP contribution >= 0.6 is 0 Å². The molecule has 0 spiro atoms. The summed E-state index contributed by atoms with van der Waals surface area (Å²) in [6.45, 7) is 0. The van der Waals surface area contributed by atoms with Crippen LogP contribution in [0.5, 0.6) is 0 Å². The molecular formula is C24H15N2O5-. The van der Waals surface area contributed by atoms with E-state index >= 15 is 0 Å². The smallest absolute Gasteiger partial charge is 0.269 e. The van der Waals surface area contributed by atoms with Crippen LogP contribution in [0.4, 0.5) is 11.4 Å². The monoisotopic (exact) mass is 411 g/mol. The minimum atomic E-state index is -1.29. The van der Waals surface area contributed by atoms with Crippen LogP contribution in [-0.2, 0) is 4.79 Å². The van der Waals surface area contributed by atoms with E-state index in [1.807, 2.05) is 30.3 Å². The Hall–Kier alpha value is -4.52. The van der Waals surface area contributed by atoms with Gasteiger partial charge in [0, 0.05) is 23.4 Å². The second kappa shape index (κ2) is 8.08. The van der Waals surface area contributed by atoms with Crippen LogP contribution in [0.15, 0.2) is 90.5 Å². The fraction of sp³-hybridized carbons (Fsp3) is 0. The van der Waals surface area contributed by atoms with Crippen molar-refractivity contribution in [2.24, 2.45) is 0 Å². The van der Waals surface area contributed by atoms with Crippen LogP contribution in [0, 0.1) is 10.1 Å². The zero-order valence-electron chi connectivity index (χ0n) is 16.1. The van der Waals surface area contributed by atoms with Gasteiger partial charge in [-0.15, -0.1) is 0 Å². The number of aromatic carboxylic acids is 1. The minimum absolute atomic E-state index is 0.0160. The molecule has 0 bridgehead atoms. The van der Waals surface area contributed by atoms with Crippen molar-refractivity contribution in [1.29, 1.82) is 0 Å². The molecule has 0 saturated heterocycles. The summed E-state index contributed by atoms with van der Waals surface area (Å²) in [6, 6.07) is 21.1. The fourth-order valence-corrected chi connectivity index (χ4v) is 3.31. The van der Waals surface area contributed by atoms with Crippen LogP contribution < -0.4 is 10.0 Å². The van der Waals surface area contributed by atoms with Crippen molar-refractivity contribution in [1.82, 2.24) is 0 Å². The SMILES string of the molecule is O=C([O-])c1ccc(N2C(=O)/C(=C/c3ccc([N+](=O)[O-])cc3)C=C2c2ccccc2)cc1. The molecule has 3 aromatic carbocycles. The molecule has 1 aliphatic rings. The van der Waals surface area contributed by atoms with E-state index < -0.39 is 10.9 Å². The van der Waals surface area contributed by atoms with Gasteiger partial charge in [0.1, 0.15) is 0 Å². The molecule has 0 aromatic heterocycles. The largest absolute Gasteiger partial charge is 0.545 e. The minimum Gasteiger partial charge on any atom is -0.545 e. The third-order valence-electron chi connectivity index (χ3n) is 4.84. The first-order valence-corrected chi connectivity index (χ1v) is 9.33. The van der Waals surface area contributed by atoms with Crippen LogP contribution in [0.2, 0.25) is 0 Å². The molecule has 0 unspecified atom stereocenters. The number of nitro benzene ring substituents is 1. The molecule has 1 amide bonds. The van der Waals surface area contributed by atoms with E-state index in [0.717, 1.165) is 5.56 Å². The number of hydrogen-bond donors (Lipinski definition) is 0. The zero-order chi connectivity index (χ0) is 22.0. The second-order valence-electron chi connectivity index (χ2n) is 6.82. The third kappa shape index (κ3) is 3.97. The molecule has 0 aliphatic carbocycles. The van der Waals surface area contributed by atoms with Crippen LogP contribution in [0.3, 0.4) is 0 Å². The summed E-state index contributed by atoms with van der Waals surface area (Å²) < 4.78 is 0. The topological polar surface area (TPSA) is 104 Å². The Morgan fingerprint density at radius 2 is 1.55 bits per heavy atom. The highest BCUT2D eigenvalue weighted by Crippen LogP contribution is 2.35. The van der Waals surface area contributed by atoms with E-state index in [-0.39, 0.29) is 17.2 Å². The summed E-state index contributed by atoms with van der Waals surface area (Å²) in [5.74, 6) is -1.59. The Kier molecular flexibility index (Phi) is 5.15. The first kappa shape index (κ1) is 19.8. The van der Waals surface area contributed by atoms with Crippen molar-refractivity contribution in [3.8, 4) is 0 Å². The predicted molar refractivity (Wildman–Crippen MR) is 114 cm³/mol. The Labute approximate surface area is 177 Å². The normalized spacial score (nSPS) is 14.6. The molecule has 0 atom stereocenters. The van der Waals surface area contributed by atoms with E-state index in [4.69, 9.17) is 0 Å². The number of benzene rings is 3. The van der Waals surface area contributed by atoms with Crippen molar-refractivity contribution >= 4 is 35.0 Å². The van der Waals surface area contributed by atoms with E-state index in [2.05, 4.69) is 0 Å². The van der Waals surface area contributed by atoms with E-state index in [1.54, 1.807) is 36.4 Å². The number of nitro groups is 1. The second-order valence-corrected chi connectivity index (χ2v) is 6.82. The first-order chi connectivity index (χ1) is 14.9. The Morgan fingerprint density at radius 3 is 2.13 bits per heavy atom. The lowest BCUT2D eigenvalue weighted by atomic mass is 10.1. The molecular weight excluding hydrogens is 396 g/mol. The van der Waals surface area contributed by atoms with Gasteiger partial charge >= 0.3 is 0 Å². The van der Waals surface area contributed by atoms with Gasteiger partial charge in [0.2, 0.25) is 0 Å². The van der Waals surface area contributed by atoms with Crippen molar-refractivity contribution in [2.45, 2.75) is 0 Å². The van der Waals surface area contributed by atoms with Crippen LogP contribution in [0.25, 0.3) is 11.8 Å². The molecule has 0 radical (unpaired) electrons. The number of carbonyl (C=O) groups excluding carboxylic acids is 2. The summed E-state index contributed by atoms with van der Waals surface area (Å²) in [5.41, 5.74) is 2.99. The number of carboxylic acid groups (broad SMARTS) is 1. The van der Waals surface area contributed by atoms with Gasteiger partial charge < -0.3 is 9.90 Å². The number of carbonyl (C=O) groups is 2. The molecule has 31 heavy (non-hydrogen) atoms. The number of hydrogen-bond acceptors (Lipinski definition) is 5. The lowest BCUT2D eigenvalue weighted by Crippen LogP contribution is -2.25. The van der Waals surface area contributed by atoms with Gasteiger partial charge in [0.25, 0.3) is 11.6 Å². The number of non-ortho nitro benzene ring substituents is 1. The predicted octanol–water partition coefficient (Wildman–Crippen LogP) is 3.43. The number of carboxylic acids is 1. The van der Waals surface area contributed by atoms with E-state index in [1.165, 1.54) is 29.2 Å². The molecule has 0 fully saturated rings. The number of nitrogens with zero attached hydrogens (tertiary/aromatic N) is 2. The summed E-state index contributed by atoms with van der Waals surface area (Å²) in [7, 11) is 0. The molecule has 0 N–H and O–H groups in total. The Bertz CT molecular complexity index is 1230. The molecule has 7 heteroatoms. The Morgan fingerprint density at radius 1 is 0.903 bits per heavy atom. The average molecular weight is 411 g/mol. The van der Waals surface area contributed by atoms with Gasteiger partial charge in [-0.3, -0.25) is 19.8 Å². The Balaban J connectivity index is 1.76. The summed E-state index contributed by atoms with van der Waals surface area (Å²) >= 11 is 0. The van der Waals surface area contributed by atoms with Crippen molar-refractivity contribution in [3.05, 3.63) is 117 Å². The lowest BCUT2D eigenvalue weighted by Gasteiger charge is -2.21. The van der Waals surface area contributed by atoms with Crippen LogP contribution in [0.1, 0.15) is 21.5 Å². The highest BCUT2D eigenvalue weighted by molar-refractivity contribution is 6.23. The highest BCUT2D eigenvalue weighted by Gasteiger charge is 2.30. The molecule has 3 aromatic rings. The van der Waals surface area contributed by atoms with Crippen molar-refractivity contribution < 1.29 is 19.6 Å². The fourth-order valence-electron chi connectivity index (χ4n) is 3.31. The van der Waals surface area contributed by atoms with E-state index in [0.29, 0.717) is 22.5 Å². The number of anilines is 1. The maximum absolute atomic E-state index is 13.3. The number of rotatable bonds is 5. The summed E-state index contributed by atoms with van der Waals surface area (Å²) in [4.78, 5) is 36.2. The molecule has 1 aliphatic heterocycles. The summed E-state index contributed by atoms with van der Waals surface area (Å²) in [6.07, 6.45) is 3.40. The van der Waals surface area contributed by atoms with Gasteiger partial charge in [0.05, 0.1) is 16.6 Å². The molecule has 0 saturated carbocycles. The maximum Gasteiger partial charge on any atom is 0.269 e. The highest BCUT2D eigenvalue weighted by atomic mass is 16.6. The third-order valence-corrected chi connectivity index (χ3v) is 4.84. The molecule has 7 nitrogen and oxygen atoms in total. The lowest BCUT2D eigenvalue weighted by molar-refractivity contribution is -0.384. The maximum atomic E-state index is 13.3. The molecule has 4 rings (SSSR count). The van der Waals surface area contributed by atoms with Gasteiger partial charge in [-0.2, -0.15) is 0 Å². The van der Waals surface area contributed by atoms with Gasteiger partial charge in [-0.1, -0.05) is 42.5 Å². The van der Waals surface area contributed by atoms with Crippen LogP contribution in [-0.4, -0.2) is 16.8 Å².